The van der Waals surface area contributed by atoms with Crippen molar-refractivity contribution in [3.63, 3.8) is 0 Å². The van der Waals surface area contributed by atoms with Gasteiger partial charge >= 0.3 is 0 Å². The van der Waals surface area contributed by atoms with Gasteiger partial charge in [-0.05, 0) is 12.8 Å². The predicted octanol–water partition coefficient (Wildman–Crippen LogP) is 0.884. The number of carbonyl (C=O) groups excluding carboxylic acids is 2. The lowest BCUT2D eigenvalue weighted by Gasteiger charge is -2.14. The summed E-state index contributed by atoms with van der Waals surface area (Å²) in [6.45, 7) is 4.99. The van der Waals surface area contributed by atoms with E-state index in [9.17, 15) is 9.59 Å². The molecular weight excluding hydrogens is 340 g/mol. The molecule has 0 saturated carbocycles. The Morgan fingerprint density at radius 2 is 1.62 bits per heavy atom. The van der Waals surface area contributed by atoms with Gasteiger partial charge in [0.1, 0.15) is 12.7 Å². The lowest BCUT2D eigenvalue weighted by atomic mass is 10.2. The van der Waals surface area contributed by atoms with Crippen molar-refractivity contribution in [3.05, 3.63) is 0 Å². The maximum absolute atomic E-state index is 11.6. The van der Waals surface area contributed by atoms with Gasteiger partial charge in [-0.3, -0.25) is 9.59 Å². The second-order valence-corrected chi connectivity index (χ2v) is 5.95. The van der Waals surface area contributed by atoms with Crippen LogP contribution in [0, 0.1) is 0 Å². The van der Waals surface area contributed by atoms with E-state index >= 15 is 0 Å². The van der Waals surface area contributed by atoms with E-state index < -0.39 is 0 Å². The van der Waals surface area contributed by atoms with Crippen molar-refractivity contribution in [2.24, 2.45) is 0 Å². The molecule has 2 amide bonds. The van der Waals surface area contributed by atoms with E-state index in [-0.39, 0.29) is 24.5 Å². The zero-order chi connectivity index (χ0) is 19.5. The maximum Gasteiger partial charge on any atom is 0.246 e. The van der Waals surface area contributed by atoms with Crippen molar-refractivity contribution in [1.29, 1.82) is 0 Å². The average Bonchev–Trinajstić information content (AvgIpc) is 2.63. The highest BCUT2D eigenvalue weighted by Crippen LogP contribution is 1.93. The fraction of sp³-hybridized carbons (Fsp3) is 0.889. The third-order valence-corrected chi connectivity index (χ3v) is 3.59. The maximum atomic E-state index is 11.6. The van der Waals surface area contributed by atoms with Crippen LogP contribution < -0.4 is 10.6 Å². The van der Waals surface area contributed by atoms with Gasteiger partial charge in [0.05, 0.1) is 19.8 Å². The molecule has 1 atom stereocenters. The fourth-order valence-electron chi connectivity index (χ4n) is 2.06. The lowest BCUT2D eigenvalue weighted by molar-refractivity contribution is -0.127. The molecule has 0 aromatic heterocycles. The third kappa shape index (κ3) is 16.3. The molecule has 154 valence electrons. The fourth-order valence-corrected chi connectivity index (χ4v) is 2.06. The summed E-state index contributed by atoms with van der Waals surface area (Å²) in [7, 11) is 3.16. The van der Waals surface area contributed by atoms with Crippen LogP contribution in [0.15, 0.2) is 0 Å². The average molecular weight is 376 g/mol. The first kappa shape index (κ1) is 24.8. The first-order valence-electron chi connectivity index (χ1n) is 9.34. The van der Waals surface area contributed by atoms with Gasteiger partial charge in [0, 0.05) is 40.3 Å². The van der Waals surface area contributed by atoms with Gasteiger partial charge in [-0.2, -0.15) is 0 Å². The molecule has 2 N–H and O–H groups in total. The summed E-state index contributed by atoms with van der Waals surface area (Å²) in [5.41, 5.74) is 0. The second kappa shape index (κ2) is 18.6. The van der Waals surface area contributed by atoms with Crippen molar-refractivity contribution in [1.82, 2.24) is 10.6 Å². The Morgan fingerprint density at radius 1 is 0.885 bits per heavy atom. The Hall–Kier alpha value is -1.22. The monoisotopic (exact) mass is 376 g/mol. The van der Waals surface area contributed by atoms with Crippen LogP contribution in [0.25, 0.3) is 0 Å². The van der Waals surface area contributed by atoms with Gasteiger partial charge in [-0.15, -0.1) is 0 Å². The molecule has 0 radical (unpaired) electrons. The van der Waals surface area contributed by atoms with E-state index in [0.29, 0.717) is 45.8 Å². The van der Waals surface area contributed by atoms with Crippen LogP contribution in [0.2, 0.25) is 0 Å². The van der Waals surface area contributed by atoms with Crippen molar-refractivity contribution in [2.45, 2.75) is 45.1 Å². The molecule has 0 saturated heterocycles. The van der Waals surface area contributed by atoms with Crippen LogP contribution in [0.1, 0.15) is 39.0 Å². The Labute approximate surface area is 157 Å². The minimum atomic E-state index is -0.177. The molecule has 0 aromatic carbocycles. The van der Waals surface area contributed by atoms with Crippen LogP contribution in [-0.4, -0.2) is 78.3 Å². The largest absolute Gasteiger partial charge is 0.382 e. The summed E-state index contributed by atoms with van der Waals surface area (Å²) in [5.74, 6) is -0.155. The predicted molar refractivity (Wildman–Crippen MR) is 99.1 cm³/mol. The second-order valence-electron chi connectivity index (χ2n) is 5.95. The molecule has 0 aromatic rings. The molecule has 0 aliphatic heterocycles. The number of methoxy groups -OCH3 is 2. The minimum Gasteiger partial charge on any atom is -0.382 e. The molecule has 26 heavy (non-hydrogen) atoms. The van der Waals surface area contributed by atoms with Crippen molar-refractivity contribution >= 4 is 11.8 Å². The van der Waals surface area contributed by atoms with Crippen molar-refractivity contribution < 1.29 is 28.5 Å². The summed E-state index contributed by atoms with van der Waals surface area (Å²) < 4.78 is 20.8. The number of hydrogen-bond donors (Lipinski definition) is 2. The summed E-state index contributed by atoms with van der Waals surface area (Å²) in [6, 6.07) is 0. The number of ether oxygens (including phenoxy) is 4. The van der Waals surface area contributed by atoms with E-state index in [1.54, 1.807) is 14.2 Å². The molecule has 0 bridgehead atoms. The van der Waals surface area contributed by atoms with E-state index in [2.05, 4.69) is 17.6 Å². The van der Waals surface area contributed by atoms with Crippen LogP contribution in [0.3, 0.4) is 0 Å². The lowest BCUT2D eigenvalue weighted by Crippen LogP contribution is -2.31. The molecule has 1 unspecified atom stereocenters. The SMILES string of the molecule is CCCCCNC(=O)CCOCCCNC(=O)COCC(COC)OC. The Morgan fingerprint density at radius 3 is 2.31 bits per heavy atom. The molecular formula is C18H36N2O6. The number of nitrogens with one attached hydrogen (secondary N) is 2. The van der Waals surface area contributed by atoms with E-state index in [4.69, 9.17) is 18.9 Å². The van der Waals surface area contributed by atoms with Crippen LogP contribution in [0.5, 0.6) is 0 Å². The van der Waals surface area contributed by atoms with Gasteiger partial charge in [-0.25, -0.2) is 0 Å². The quantitative estimate of drug-likeness (QED) is 0.345. The number of unbranched alkanes of at least 4 members (excludes halogenated alkanes) is 2. The summed E-state index contributed by atoms with van der Waals surface area (Å²) in [4.78, 5) is 23.1. The third-order valence-electron chi connectivity index (χ3n) is 3.59. The molecule has 0 heterocycles. The van der Waals surface area contributed by atoms with E-state index in [1.807, 2.05) is 0 Å². The number of hydrogen-bond acceptors (Lipinski definition) is 6. The van der Waals surface area contributed by atoms with Crippen molar-refractivity contribution in [3.8, 4) is 0 Å². The highest BCUT2D eigenvalue weighted by Gasteiger charge is 2.08. The Kier molecular flexibility index (Phi) is 17.7. The first-order valence-corrected chi connectivity index (χ1v) is 9.34. The molecule has 0 aliphatic carbocycles. The van der Waals surface area contributed by atoms with Gasteiger partial charge in [0.15, 0.2) is 0 Å². The smallest absolute Gasteiger partial charge is 0.246 e. The summed E-state index contributed by atoms with van der Waals surface area (Å²) >= 11 is 0. The standard InChI is InChI=1S/C18H36N2O6/c1-4-5-6-9-19-17(21)8-12-25-11-7-10-20-18(22)15-26-14-16(24-3)13-23-2/h16H,4-15H2,1-3H3,(H,19,21)(H,20,22). The summed E-state index contributed by atoms with van der Waals surface area (Å²) in [5, 5.41) is 5.62. The molecule has 0 aliphatic rings. The minimum absolute atomic E-state index is 0.0113. The molecule has 0 rings (SSSR count). The van der Waals surface area contributed by atoms with E-state index in [1.165, 1.54) is 0 Å². The molecule has 0 spiro atoms. The van der Waals surface area contributed by atoms with Gasteiger partial charge in [0.2, 0.25) is 11.8 Å². The highest BCUT2D eigenvalue weighted by atomic mass is 16.5. The number of amides is 2. The Bertz CT molecular complexity index is 355. The first-order chi connectivity index (χ1) is 12.6. The Balaban J connectivity index is 3.41. The zero-order valence-electron chi connectivity index (χ0n) is 16.5. The van der Waals surface area contributed by atoms with Gasteiger partial charge in [0.25, 0.3) is 0 Å². The highest BCUT2D eigenvalue weighted by molar-refractivity contribution is 5.77. The van der Waals surface area contributed by atoms with Crippen LogP contribution >= 0.6 is 0 Å². The normalized spacial score (nSPS) is 12.0. The van der Waals surface area contributed by atoms with E-state index in [0.717, 1.165) is 25.8 Å². The molecule has 0 fully saturated rings. The van der Waals surface area contributed by atoms with Gasteiger partial charge in [-0.1, -0.05) is 19.8 Å². The molecule has 8 heteroatoms. The topological polar surface area (TPSA) is 95.1 Å². The molecule has 8 nitrogen and oxygen atoms in total. The summed E-state index contributed by atoms with van der Waals surface area (Å²) in [6.07, 6.45) is 4.18. The zero-order valence-corrected chi connectivity index (χ0v) is 16.5. The number of carbonyl (C=O) groups is 2. The van der Waals surface area contributed by atoms with Gasteiger partial charge < -0.3 is 29.6 Å². The number of rotatable bonds is 18. The van der Waals surface area contributed by atoms with Crippen LogP contribution in [-0.2, 0) is 28.5 Å². The van der Waals surface area contributed by atoms with Crippen LogP contribution in [0.4, 0.5) is 0 Å². The van der Waals surface area contributed by atoms with Crippen molar-refractivity contribution in [2.75, 3.05) is 60.3 Å².